The lowest BCUT2D eigenvalue weighted by atomic mass is 10.2. The van der Waals surface area contributed by atoms with Crippen LogP contribution in [0.1, 0.15) is 28.2 Å². The first-order chi connectivity index (χ1) is 12.5. The first kappa shape index (κ1) is 17.5. The average Bonchev–Trinajstić information content (AvgIpc) is 3.43. The second kappa shape index (κ2) is 7.00. The van der Waals surface area contributed by atoms with E-state index in [0.717, 1.165) is 29.1 Å². The molecule has 1 saturated carbocycles. The van der Waals surface area contributed by atoms with Crippen molar-refractivity contribution in [3.05, 3.63) is 39.9 Å². The van der Waals surface area contributed by atoms with Crippen molar-refractivity contribution in [2.75, 3.05) is 26.2 Å². The van der Waals surface area contributed by atoms with Crippen LogP contribution in [0.4, 0.5) is 0 Å². The molecule has 2 fully saturated rings. The molecule has 0 bridgehead atoms. The average molecular weight is 390 g/mol. The van der Waals surface area contributed by atoms with E-state index in [9.17, 15) is 9.59 Å². The second-order valence-corrected chi connectivity index (χ2v) is 8.27. The Morgan fingerprint density at radius 2 is 1.85 bits per heavy atom. The molecule has 2 amide bonds. The van der Waals surface area contributed by atoms with Crippen molar-refractivity contribution >= 4 is 34.8 Å². The van der Waals surface area contributed by atoms with Crippen LogP contribution in [0.2, 0.25) is 5.02 Å². The van der Waals surface area contributed by atoms with Crippen LogP contribution in [-0.4, -0.2) is 52.8 Å². The van der Waals surface area contributed by atoms with Gasteiger partial charge in [0.25, 0.3) is 5.91 Å². The Morgan fingerprint density at radius 1 is 1.15 bits per heavy atom. The van der Waals surface area contributed by atoms with Crippen LogP contribution in [0.25, 0.3) is 10.6 Å². The first-order valence-corrected chi connectivity index (χ1v) is 10.0. The number of hydrogen-bond acceptors (Lipinski definition) is 4. The summed E-state index contributed by atoms with van der Waals surface area (Å²) in [5.41, 5.74) is 1.66. The fraction of sp³-hybridized carbons (Fsp3) is 0.421. The van der Waals surface area contributed by atoms with E-state index in [0.29, 0.717) is 36.1 Å². The summed E-state index contributed by atoms with van der Waals surface area (Å²) >= 11 is 7.46. The molecule has 1 aromatic carbocycles. The Balaban J connectivity index is 1.46. The van der Waals surface area contributed by atoms with Gasteiger partial charge in [0.1, 0.15) is 9.88 Å². The zero-order chi connectivity index (χ0) is 18.3. The summed E-state index contributed by atoms with van der Waals surface area (Å²) < 4.78 is 0. The maximum atomic E-state index is 12.9. The predicted octanol–water partition coefficient (Wildman–Crippen LogP) is 3.47. The predicted molar refractivity (Wildman–Crippen MR) is 103 cm³/mol. The molecule has 1 aliphatic carbocycles. The Hall–Kier alpha value is -1.92. The van der Waals surface area contributed by atoms with Gasteiger partial charge in [0, 0.05) is 42.7 Å². The van der Waals surface area contributed by atoms with Crippen LogP contribution in [0.3, 0.4) is 0 Å². The fourth-order valence-electron chi connectivity index (χ4n) is 3.20. The minimum absolute atomic E-state index is 0.00630. The van der Waals surface area contributed by atoms with Gasteiger partial charge in [-0.15, -0.1) is 11.3 Å². The molecule has 5 nitrogen and oxygen atoms in total. The number of carbonyl (C=O) groups is 2. The molecule has 136 valence electrons. The molecule has 0 radical (unpaired) electrons. The van der Waals surface area contributed by atoms with Crippen LogP contribution < -0.4 is 0 Å². The van der Waals surface area contributed by atoms with Crippen molar-refractivity contribution in [2.24, 2.45) is 5.92 Å². The van der Waals surface area contributed by atoms with Crippen molar-refractivity contribution in [1.29, 1.82) is 0 Å². The molecule has 0 unspecified atom stereocenters. The highest BCUT2D eigenvalue weighted by Gasteiger charge is 2.35. The first-order valence-electron chi connectivity index (χ1n) is 8.84. The van der Waals surface area contributed by atoms with Crippen LogP contribution in [0, 0.1) is 12.8 Å². The highest BCUT2D eigenvalue weighted by atomic mass is 35.5. The van der Waals surface area contributed by atoms with Gasteiger partial charge in [-0.1, -0.05) is 23.7 Å². The second-order valence-electron chi connectivity index (χ2n) is 6.84. The normalized spacial score (nSPS) is 17.5. The van der Waals surface area contributed by atoms with E-state index in [1.807, 2.05) is 41.0 Å². The van der Waals surface area contributed by atoms with Gasteiger partial charge < -0.3 is 9.80 Å². The summed E-state index contributed by atoms with van der Waals surface area (Å²) in [6, 6.07) is 7.50. The lowest BCUT2D eigenvalue weighted by Crippen LogP contribution is -2.51. The number of aromatic nitrogens is 1. The van der Waals surface area contributed by atoms with Crippen molar-refractivity contribution in [3.63, 3.8) is 0 Å². The van der Waals surface area contributed by atoms with E-state index in [1.54, 1.807) is 0 Å². The van der Waals surface area contributed by atoms with Gasteiger partial charge in [0.2, 0.25) is 5.91 Å². The van der Waals surface area contributed by atoms with Crippen LogP contribution in [-0.2, 0) is 4.79 Å². The molecule has 26 heavy (non-hydrogen) atoms. The summed E-state index contributed by atoms with van der Waals surface area (Å²) in [6.07, 6.45) is 2.04. The number of benzene rings is 1. The number of amides is 2. The van der Waals surface area contributed by atoms with Gasteiger partial charge in [-0.3, -0.25) is 9.59 Å². The summed E-state index contributed by atoms with van der Waals surface area (Å²) in [7, 11) is 0. The fourth-order valence-corrected chi connectivity index (χ4v) is 4.42. The molecule has 2 aromatic rings. The standard InChI is InChI=1S/C19H20ClN3O2S/c1-12-16(26-17(21-12)14-3-2-4-15(20)11-14)19(25)23-9-7-22(8-10-23)18(24)13-5-6-13/h2-4,11,13H,5-10H2,1H3. The Bertz CT molecular complexity index is 854. The molecule has 1 aliphatic heterocycles. The van der Waals surface area contributed by atoms with Crippen molar-refractivity contribution in [3.8, 4) is 10.6 Å². The highest BCUT2D eigenvalue weighted by Crippen LogP contribution is 2.32. The molecule has 4 rings (SSSR count). The Morgan fingerprint density at radius 3 is 2.50 bits per heavy atom. The molecule has 0 atom stereocenters. The third kappa shape index (κ3) is 3.48. The Kier molecular flexibility index (Phi) is 4.71. The van der Waals surface area contributed by atoms with Crippen molar-refractivity contribution < 1.29 is 9.59 Å². The van der Waals surface area contributed by atoms with Gasteiger partial charge in [0.15, 0.2) is 0 Å². The van der Waals surface area contributed by atoms with Gasteiger partial charge in [-0.2, -0.15) is 0 Å². The summed E-state index contributed by atoms with van der Waals surface area (Å²) in [6.45, 7) is 4.28. The van der Waals surface area contributed by atoms with E-state index >= 15 is 0 Å². The van der Waals surface area contributed by atoms with E-state index in [4.69, 9.17) is 11.6 Å². The van der Waals surface area contributed by atoms with Crippen LogP contribution in [0.15, 0.2) is 24.3 Å². The number of piperazine rings is 1. The highest BCUT2D eigenvalue weighted by molar-refractivity contribution is 7.17. The van der Waals surface area contributed by atoms with E-state index in [-0.39, 0.29) is 17.7 Å². The number of thiazole rings is 1. The lowest BCUT2D eigenvalue weighted by molar-refractivity contribution is -0.134. The molecular formula is C19H20ClN3O2S. The monoisotopic (exact) mass is 389 g/mol. The molecule has 1 aromatic heterocycles. The van der Waals surface area contributed by atoms with E-state index in [2.05, 4.69) is 4.98 Å². The van der Waals surface area contributed by atoms with Gasteiger partial charge in [0.05, 0.1) is 5.69 Å². The minimum Gasteiger partial charge on any atom is -0.339 e. The zero-order valence-corrected chi connectivity index (χ0v) is 16.1. The van der Waals surface area contributed by atoms with E-state index < -0.39 is 0 Å². The maximum Gasteiger partial charge on any atom is 0.265 e. The van der Waals surface area contributed by atoms with Crippen molar-refractivity contribution in [2.45, 2.75) is 19.8 Å². The molecular weight excluding hydrogens is 370 g/mol. The topological polar surface area (TPSA) is 53.5 Å². The van der Waals surface area contributed by atoms with Crippen LogP contribution >= 0.6 is 22.9 Å². The molecule has 2 aliphatic rings. The smallest absolute Gasteiger partial charge is 0.265 e. The zero-order valence-electron chi connectivity index (χ0n) is 14.6. The van der Waals surface area contributed by atoms with Crippen molar-refractivity contribution in [1.82, 2.24) is 14.8 Å². The van der Waals surface area contributed by atoms with Gasteiger partial charge in [-0.25, -0.2) is 4.98 Å². The molecule has 0 spiro atoms. The summed E-state index contributed by atoms with van der Waals surface area (Å²) in [5, 5.41) is 1.45. The molecule has 0 N–H and O–H groups in total. The largest absolute Gasteiger partial charge is 0.339 e. The van der Waals surface area contributed by atoms with E-state index in [1.165, 1.54) is 11.3 Å². The number of nitrogens with zero attached hydrogens (tertiary/aromatic N) is 3. The number of halogens is 1. The molecule has 1 saturated heterocycles. The number of carbonyl (C=O) groups excluding carboxylic acids is 2. The van der Waals surface area contributed by atoms with Gasteiger partial charge >= 0.3 is 0 Å². The summed E-state index contributed by atoms with van der Waals surface area (Å²) in [5.74, 6) is 0.502. The number of aryl methyl sites for hydroxylation is 1. The molecule has 7 heteroatoms. The minimum atomic E-state index is 0.00630. The SMILES string of the molecule is Cc1nc(-c2cccc(Cl)c2)sc1C(=O)N1CCN(C(=O)C2CC2)CC1. The number of hydrogen-bond donors (Lipinski definition) is 0. The third-order valence-electron chi connectivity index (χ3n) is 4.87. The lowest BCUT2D eigenvalue weighted by Gasteiger charge is -2.34. The van der Waals surface area contributed by atoms with Gasteiger partial charge in [-0.05, 0) is 31.9 Å². The third-order valence-corrected chi connectivity index (χ3v) is 6.30. The summed E-state index contributed by atoms with van der Waals surface area (Å²) in [4.78, 5) is 34.0. The van der Waals surface area contributed by atoms with Crippen LogP contribution in [0.5, 0.6) is 0 Å². The Labute approximate surface area is 161 Å². The quantitative estimate of drug-likeness (QED) is 0.807. The molecule has 2 heterocycles. The number of rotatable bonds is 3. The maximum absolute atomic E-state index is 12.9.